The van der Waals surface area contributed by atoms with Crippen molar-refractivity contribution >= 4 is 5.91 Å². The van der Waals surface area contributed by atoms with E-state index >= 15 is 0 Å². The summed E-state index contributed by atoms with van der Waals surface area (Å²) >= 11 is 0. The smallest absolute Gasteiger partial charge is 0.387 e. The highest BCUT2D eigenvalue weighted by Crippen LogP contribution is 2.46. The molecular formula is C24H26F2N2O4. The number of aromatic hydroxyl groups is 1. The number of halogens is 2. The zero-order chi connectivity index (χ0) is 23.0. The van der Waals surface area contributed by atoms with Gasteiger partial charge >= 0.3 is 6.61 Å². The predicted octanol–water partition coefficient (Wildman–Crippen LogP) is 3.87. The Morgan fingerprint density at radius 1 is 1.31 bits per heavy atom. The topological polar surface area (TPSA) is 62.2 Å². The van der Waals surface area contributed by atoms with Crippen LogP contribution in [0, 0.1) is 13.8 Å². The van der Waals surface area contributed by atoms with E-state index in [-0.39, 0.29) is 23.4 Å². The van der Waals surface area contributed by atoms with Crippen molar-refractivity contribution in [3.8, 4) is 28.4 Å². The molecule has 2 heterocycles. The number of rotatable bonds is 4. The monoisotopic (exact) mass is 444 g/mol. The summed E-state index contributed by atoms with van der Waals surface area (Å²) < 4.78 is 37.7. The Balaban J connectivity index is 1.77. The van der Waals surface area contributed by atoms with Crippen LogP contribution in [0.2, 0.25) is 0 Å². The Morgan fingerprint density at radius 3 is 2.78 bits per heavy atom. The quantitative estimate of drug-likeness (QED) is 0.726. The number of ether oxygens (including phenoxy) is 2. The van der Waals surface area contributed by atoms with Crippen molar-refractivity contribution < 1.29 is 28.2 Å². The lowest BCUT2D eigenvalue weighted by atomic mass is 9.92. The predicted molar refractivity (Wildman–Crippen MR) is 116 cm³/mol. The van der Waals surface area contributed by atoms with Gasteiger partial charge in [-0.3, -0.25) is 9.69 Å². The summed E-state index contributed by atoms with van der Waals surface area (Å²) in [5, 5.41) is 10.5. The first kappa shape index (κ1) is 22.1. The summed E-state index contributed by atoms with van der Waals surface area (Å²) in [7, 11) is 0. The molecule has 0 unspecified atom stereocenters. The summed E-state index contributed by atoms with van der Waals surface area (Å²) in [5.74, 6) is 0.466. The second kappa shape index (κ2) is 8.78. The van der Waals surface area contributed by atoms with Crippen molar-refractivity contribution in [1.82, 2.24) is 9.80 Å². The van der Waals surface area contributed by atoms with Crippen LogP contribution in [0.5, 0.6) is 17.2 Å². The van der Waals surface area contributed by atoms with E-state index in [4.69, 9.17) is 9.47 Å². The molecule has 1 fully saturated rings. The summed E-state index contributed by atoms with van der Waals surface area (Å²) in [6.45, 7) is 6.67. The highest BCUT2D eigenvalue weighted by Gasteiger charge is 2.34. The van der Waals surface area contributed by atoms with Gasteiger partial charge < -0.3 is 19.5 Å². The van der Waals surface area contributed by atoms with E-state index in [1.807, 2.05) is 0 Å². The van der Waals surface area contributed by atoms with Crippen molar-refractivity contribution in [2.24, 2.45) is 0 Å². The van der Waals surface area contributed by atoms with Gasteiger partial charge in [0.1, 0.15) is 23.9 Å². The van der Waals surface area contributed by atoms with Gasteiger partial charge in [0.15, 0.2) is 0 Å². The Kier molecular flexibility index (Phi) is 6.06. The average Bonchev–Trinajstić information content (AvgIpc) is 2.93. The van der Waals surface area contributed by atoms with Crippen LogP contribution in [-0.4, -0.2) is 59.7 Å². The lowest BCUT2D eigenvalue weighted by Gasteiger charge is -2.39. The number of hydrogen-bond donors (Lipinski definition) is 1. The van der Waals surface area contributed by atoms with Gasteiger partial charge in [-0.05, 0) is 37.6 Å². The third-order valence-corrected chi connectivity index (χ3v) is 6.16. The molecule has 2 aliphatic rings. The first-order valence-electron chi connectivity index (χ1n) is 10.5. The molecule has 0 saturated carbocycles. The van der Waals surface area contributed by atoms with E-state index in [1.165, 1.54) is 12.1 Å². The summed E-state index contributed by atoms with van der Waals surface area (Å²) in [5.41, 5.74) is 2.93. The number of benzene rings is 2. The second-order valence-electron chi connectivity index (χ2n) is 8.13. The van der Waals surface area contributed by atoms with Crippen molar-refractivity contribution in [2.75, 3.05) is 26.2 Å². The maximum atomic E-state index is 13.3. The number of hydrogen-bond acceptors (Lipinski definition) is 5. The van der Waals surface area contributed by atoms with Crippen molar-refractivity contribution in [3.05, 3.63) is 53.6 Å². The lowest BCUT2D eigenvalue weighted by Crippen LogP contribution is -2.55. The molecule has 170 valence electrons. The van der Waals surface area contributed by atoms with Gasteiger partial charge in [0.25, 0.3) is 0 Å². The Hall–Kier alpha value is -3.13. The van der Waals surface area contributed by atoms with Crippen LogP contribution in [-0.2, 0) is 11.3 Å². The van der Waals surface area contributed by atoms with Gasteiger partial charge in [0.2, 0.25) is 5.91 Å². The van der Waals surface area contributed by atoms with Crippen LogP contribution in [0.3, 0.4) is 0 Å². The molecule has 2 aliphatic heterocycles. The maximum absolute atomic E-state index is 13.3. The molecule has 2 aromatic carbocycles. The molecule has 1 N–H and O–H groups in total. The Labute approximate surface area is 185 Å². The van der Waals surface area contributed by atoms with Crippen LogP contribution in [0.4, 0.5) is 8.78 Å². The fourth-order valence-electron chi connectivity index (χ4n) is 4.62. The number of phenols is 1. The van der Waals surface area contributed by atoms with E-state index in [2.05, 4.69) is 11.5 Å². The van der Waals surface area contributed by atoms with Gasteiger partial charge in [-0.25, -0.2) is 0 Å². The highest BCUT2D eigenvalue weighted by atomic mass is 19.3. The molecule has 1 amide bonds. The molecule has 0 radical (unpaired) electrons. The van der Waals surface area contributed by atoms with Crippen molar-refractivity contribution in [3.63, 3.8) is 0 Å². The molecule has 8 heteroatoms. The minimum absolute atomic E-state index is 0.00312. The van der Waals surface area contributed by atoms with Crippen LogP contribution in [0.1, 0.15) is 16.7 Å². The first-order valence-corrected chi connectivity index (χ1v) is 10.5. The third kappa shape index (κ3) is 4.02. The van der Waals surface area contributed by atoms with E-state index in [1.54, 1.807) is 36.9 Å². The number of piperazine rings is 1. The number of amides is 1. The summed E-state index contributed by atoms with van der Waals surface area (Å²) in [6, 6.07) is 6.57. The fourth-order valence-corrected chi connectivity index (χ4v) is 4.62. The van der Waals surface area contributed by atoms with Crippen molar-refractivity contribution in [1.29, 1.82) is 0 Å². The normalized spacial score (nSPS) is 18.4. The van der Waals surface area contributed by atoms with Gasteiger partial charge in [-0.15, -0.1) is 0 Å². The Bertz CT molecular complexity index is 1040. The average molecular weight is 444 g/mol. The molecular weight excluding hydrogens is 418 g/mol. The molecule has 2 aromatic rings. The van der Waals surface area contributed by atoms with Crippen LogP contribution in [0.15, 0.2) is 36.9 Å². The zero-order valence-corrected chi connectivity index (χ0v) is 18.1. The van der Waals surface area contributed by atoms with E-state index < -0.39 is 6.61 Å². The van der Waals surface area contributed by atoms with Crippen LogP contribution >= 0.6 is 0 Å². The SMILES string of the molecule is C=CC(=O)N1CCN2Cc3cc(OC(F)F)c(-c4c(C)cccc4O)c(C)c3OC[C@H]2C1. The van der Waals surface area contributed by atoms with E-state index in [9.17, 15) is 18.7 Å². The lowest BCUT2D eigenvalue weighted by molar-refractivity contribution is -0.129. The van der Waals surface area contributed by atoms with E-state index in [0.717, 1.165) is 11.1 Å². The van der Waals surface area contributed by atoms with Gasteiger partial charge in [0, 0.05) is 48.4 Å². The molecule has 6 nitrogen and oxygen atoms in total. The third-order valence-electron chi connectivity index (χ3n) is 6.16. The van der Waals surface area contributed by atoms with E-state index in [0.29, 0.717) is 55.2 Å². The number of alkyl halides is 2. The standard InChI is InChI=1S/C24H26F2N2O4/c1-4-20(30)28-9-8-27-11-16-10-19(32-24(25)26)22(21-14(2)6-5-7-18(21)29)15(3)23(16)31-13-17(27)12-28/h4-7,10,17,24,29H,1,8-9,11-13H2,2-3H3/t17-/m1/s1. The molecule has 1 saturated heterocycles. The fraction of sp³-hybridized carbons (Fsp3) is 0.375. The van der Waals surface area contributed by atoms with Gasteiger partial charge in [-0.2, -0.15) is 8.78 Å². The van der Waals surface area contributed by atoms with Crippen LogP contribution in [0.25, 0.3) is 11.1 Å². The summed E-state index contributed by atoms with van der Waals surface area (Å²) in [4.78, 5) is 16.0. The number of carbonyl (C=O) groups is 1. The van der Waals surface area contributed by atoms with Gasteiger partial charge in [0.05, 0.1) is 6.04 Å². The molecule has 0 aliphatic carbocycles. The van der Waals surface area contributed by atoms with Crippen LogP contribution < -0.4 is 9.47 Å². The number of nitrogens with zero attached hydrogens (tertiary/aromatic N) is 2. The molecule has 0 aromatic heterocycles. The second-order valence-corrected chi connectivity index (χ2v) is 8.13. The number of fused-ring (bicyclic) bond motifs is 2. The highest BCUT2D eigenvalue weighted by molar-refractivity contribution is 5.87. The maximum Gasteiger partial charge on any atom is 0.387 e. The zero-order valence-electron chi connectivity index (χ0n) is 18.1. The van der Waals surface area contributed by atoms with Gasteiger partial charge in [-0.1, -0.05) is 18.7 Å². The first-order chi connectivity index (χ1) is 15.3. The molecule has 32 heavy (non-hydrogen) atoms. The minimum Gasteiger partial charge on any atom is -0.507 e. The number of aryl methyl sites for hydroxylation is 1. The van der Waals surface area contributed by atoms with Crippen molar-refractivity contribution in [2.45, 2.75) is 33.0 Å². The molecule has 0 bridgehead atoms. The molecule has 4 rings (SSSR count). The summed E-state index contributed by atoms with van der Waals surface area (Å²) in [6.07, 6.45) is 1.31. The Morgan fingerprint density at radius 2 is 2.09 bits per heavy atom. The largest absolute Gasteiger partial charge is 0.507 e. The number of phenolic OH excluding ortho intramolecular Hbond substituents is 1. The molecule has 1 atom stereocenters. The minimum atomic E-state index is -3.01. The molecule has 0 spiro atoms. The number of carbonyl (C=O) groups excluding carboxylic acids is 1.